The maximum absolute atomic E-state index is 14.1. The summed E-state index contributed by atoms with van der Waals surface area (Å²) in [7, 11) is 4.63. The lowest BCUT2D eigenvalue weighted by molar-refractivity contribution is 0.324. The summed E-state index contributed by atoms with van der Waals surface area (Å²) < 4.78 is 45.4. The molecule has 0 bridgehead atoms. The molecule has 0 fully saturated rings. The molecule has 0 amide bonds. The second-order valence-electron chi connectivity index (χ2n) is 5.92. The number of thiazole rings is 1. The molecule has 0 saturated heterocycles. The van der Waals surface area contributed by atoms with E-state index in [0.717, 1.165) is 17.3 Å². The van der Waals surface area contributed by atoms with Gasteiger partial charge < -0.3 is 18.8 Å². The predicted molar refractivity (Wildman–Crippen MR) is 109 cm³/mol. The third kappa shape index (κ3) is 4.17. The van der Waals surface area contributed by atoms with Crippen molar-refractivity contribution in [3.63, 3.8) is 0 Å². The third-order valence-electron chi connectivity index (χ3n) is 4.20. The van der Waals surface area contributed by atoms with E-state index in [0.29, 0.717) is 28.6 Å². The van der Waals surface area contributed by atoms with Gasteiger partial charge in [0.15, 0.2) is 22.1 Å². The van der Waals surface area contributed by atoms with Gasteiger partial charge in [-0.05, 0) is 24.3 Å². The zero-order valence-electron chi connectivity index (χ0n) is 16.2. The lowest BCUT2D eigenvalue weighted by Crippen LogP contribution is -2.15. The molecule has 152 valence electrons. The third-order valence-corrected chi connectivity index (χ3v) is 5.06. The van der Waals surface area contributed by atoms with Gasteiger partial charge in [-0.15, -0.1) is 17.9 Å². The van der Waals surface area contributed by atoms with E-state index in [1.807, 2.05) is 22.1 Å². The molecule has 5 nitrogen and oxygen atoms in total. The van der Waals surface area contributed by atoms with Gasteiger partial charge in [-0.3, -0.25) is 0 Å². The van der Waals surface area contributed by atoms with Crippen LogP contribution in [0, 0.1) is 11.6 Å². The largest absolute Gasteiger partial charge is 0.493 e. The minimum atomic E-state index is -0.724. The Bertz CT molecular complexity index is 1080. The molecule has 8 heteroatoms. The average molecular weight is 418 g/mol. The Balaban J connectivity index is 2.19. The van der Waals surface area contributed by atoms with Crippen molar-refractivity contribution in [1.29, 1.82) is 0 Å². The van der Waals surface area contributed by atoms with Crippen molar-refractivity contribution in [2.45, 2.75) is 6.54 Å². The molecule has 0 spiro atoms. The molecule has 0 saturated carbocycles. The molecular formula is C21H20F2N2O3S. The van der Waals surface area contributed by atoms with Crippen LogP contribution in [0.3, 0.4) is 0 Å². The van der Waals surface area contributed by atoms with Crippen molar-refractivity contribution < 1.29 is 23.0 Å². The van der Waals surface area contributed by atoms with Crippen molar-refractivity contribution in [3.8, 4) is 28.5 Å². The van der Waals surface area contributed by atoms with E-state index < -0.39 is 11.6 Å². The molecule has 3 rings (SSSR count). The van der Waals surface area contributed by atoms with Gasteiger partial charge in [-0.1, -0.05) is 6.08 Å². The Kier molecular flexibility index (Phi) is 6.33. The lowest BCUT2D eigenvalue weighted by atomic mass is 10.1. The summed E-state index contributed by atoms with van der Waals surface area (Å²) in [6.45, 7) is 4.23. The summed E-state index contributed by atoms with van der Waals surface area (Å²) in [6, 6.07) is 6.94. The topological polar surface area (TPSA) is 45.0 Å². The fourth-order valence-electron chi connectivity index (χ4n) is 2.86. The van der Waals surface area contributed by atoms with Crippen LogP contribution >= 0.6 is 11.3 Å². The zero-order chi connectivity index (χ0) is 21.0. The van der Waals surface area contributed by atoms with E-state index in [4.69, 9.17) is 14.2 Å². The van der Waals surface area contributed by atoms with Crippen molar-refractivity contribution in [2.75, 3.05) is 21.3 Å². The van der Waals surface area contributed by atoms with Gasteiger partial charge in [0, 0.05) is 23.6 Å². The molecular weight excluding hydrogens is 398 g/mol. The second kappa shape index (κ2) is 8.91. The Hall–Kier alpha value is -3.13. The molecule has 2 aromatic carbocycles. The van der Waals surface area contributed by atoms with E-state index in [-0.39, 0.29) is 5.69 Å². The number of nitrogens with zero attached hydrogens (tertiary/aromatic N) is 2. The van der Waals surface area contributed by atoms with Gasteiger partial charge in [0.1, 0.15) is 11.5 Å². The summed E-state index contributed by atoms with van der Waals surface area (Å²) in [6.07, 6.45) is 1.72. The van der Waals surface area contributed by atoms with Gasteiger partial charge >= 0.3 is 0 Å². The normalized spacial score (nSPS) is 11.4. The second-order valence-corrected chi connectivity index (χ2v) is 6.76. The van der Waals surface area contributed by atoms with Crippen molar-refractivity contribution in [3.05, 3.63) is 64.8 Å². The summed E-state index contributed by atoms with van der Waals surface area (Å²) in [5.74, 6) is 0.146. The molecule has 0 aliphatic rings. The Morgan fingerprint density at radius 3 is 2.31 bits per heavy atom. The molecule has 0 atom stereocenters. The Morgan fingerprint density at radius 2 is 1.76 bits per heavy atom. The van der Waals surface area contributed by atoms with Crippen molar-refractivity contribution in [1.82, 2.24) is 4.57 Å². The first-order valence-electron chi connectivity index (χ1n) is 8.61. The number of benzene rings is 2. The van der Waals surface area contributed by atoms with Gasteiger partial charge in [0.25, 0.3) is 0 Å². The zero-order valence-corrected chi connectivity index (χ0v) is 17.1. The van der Waals surface area contributed by atoms with Gasteiger partial charge in [0.05, 0.1) is 27.0 Å². The molecule has 0 radical (unpaired) electrons. The Morgan fingerprint density at radius 1 is 1.07 bits per heavy atom. The minimum Gasteiger partial charge on any atom is -0.493 e. The SMILES string of the molecule is C=CCn1c(-c2cc(OC)c(OC)c(OC)c2)csc1=Nc1ccc(F)cc1F. The number of aromatic nitrogens is 1. The maximum Gasteiger partial charge on any atom is 0.203 e. The van der Waals surface area contributed by atoms with Gasteiger partial charge in [0.2, 0.25) is 5.75 Å². The molecule has 0 aliphatic heterocycles. The fraction of sp³-hybridized carbons (Fsp3) is 0.190. The highest BCUT2D eigenvalue weighted by atomic mass is 32.1. The van der Waals surface area contributed by atoms with Crippen LogP contribution in [0.4, 0.5) is 14.5 Å². The number of hydrogen-bond acceptors (Lipinski definition) is 5. The quantitative estimate of drug-likeness (QED) is 0.511. The first-order chi connectivity index (χ1) is 14.0. The first kappa shape index (κ1) is 20.6. The van der Waals surface area contributed by atoms with Crippen LogP contribution in [-0.4, -0.2) is 25.9 Å². The highest BCUT2D eigenvalue weighted by molar-refractivity contribution is 7.07. The van der Waals surface area contributed by atoms with Crippen LogP contribution in [0.1, 0.15) is 0 Å². The molecule has 0 unspecified atom stereocenters. The molecule has 0 N–H and O–H groups in total. The van der Waals surface area contributed by atoms with Crippen LogP contribution in [0.2, 0.25) is 0 Å². The number of halogens is 2. The molecule has 1 heterocycles. The van der Waals surface area contributed by atoms with Crippen LogP contribution in [0.25, 0.3) is 11.3 Å². The summed E-state index contributed by atoms with van der Waals surface area (Å²) in [5, 5.41) is 1.89. The number of hydrogen-bond donors (Lipinski definition) is 0. The number of ether oxygens (including phenoxy) is 3. The fourth-order valence-corrected chi connectivity index (χ4v) is 3.79. The molecule has 3 aromatic rings. The van der Waals surface area contributed by atoms with E-state index in [9.17, 15) is 8.78 Å². The van der Waals surface area contributed by atoms with Crippen LogP contribution < -0.4 is 19.0 Å². The van der Waals surface area contributed by atoms with E-state index >= 15 is 0 Å². The molecule has 1 aromatic heterocycles. The van der Waals surface area contributed by atoms with Gasteiger partial charge in [-0.25, -0.2) is 13.8 Å². The lowest BCUT2D eigenvalue weighted by Gasteiger charge is -2.15. The van der Waals surface area contributed by atoms with Crippen LogP contribution in [0.15, 0.2) is 53.4 Å². The standard InChI is InChI=1S/C21H20F2N2O3S/c1-5-8-25-17(13-9-18(26-2)20(28-4)19(10-13)27-3)12-29-21(25)24-16-7-6-14(22)11-15(16)23/h5-7,9-12H,1,8H2,2-4H3. The monoisotopic (exact) mass is 418 g/mol. The summed E-state index contributed by atoms with van der Waals surface area (Å²) in [5.41, 5.74) is 1.68. The maximum atomic E-state index is 14.1. The van der Waals surface area contributed by atoms with E-state index in [1.54, 1.807) is 20.3 Å². The number of rotatable bonds is 7. The molecule has 29 heavy (non-hydrogen) atoms. The minimum absolute atomic E-state index is 0.0579. The molecule has 0 aliphatic carbocycles. The smallest absolute Gasteiger partial charge is 0.203 e. The van der Waals surface area contributed by atoms with Crippen molar-refractivity contribution in [2.24, 2.45) is 4.99 Å². The number of allylic oxidation sites excluding steroid dienone is 1. The predicted octanol–water partition coefficient (Wildman–Crippen LogP) is 4.94. The van der Waals surface area contributed by atoms with Crippen molar-refractivity contribution >= 4 is 17.0 Å². The van der Waals surface area contributed by atoms with Gasteiger partial charge in [-0.2, -0.15) is 0 Å². The van der Waals surface area contributed by atoms with Crippen LogP contribution in [-0.2, 0) is 6.54 Å². The Labute approximate surface area is 171 Å². The summed E-state index contributed by atoms with van der Waals surface area (Å²) in [4.78, 5) is 4.91. The highest BCUT2D eigenvalue weighted by Gasteiger charge is 2.17. The average Bonchev–Trinajstić information content (AvgIpc) is 3.11. The number of methoxy groups -OCH3 is 3. The van der Waals surface area contributed by atoms with Crippen LogP contribution in [0.5, 0.6) is 17.2 Å². The first-order valence-corrected chi connectivity index (χ1v) is 9.49. The highest BCUT2D eigenvalue weighted by Crippen LogP contribution is 2.41. The van der Waals surface area contributed by atoms with E-state index in [2.05, 4.69) is 11.6 Å². The van der Waals surface area contributed by atoms with E-state index in [1.165, 1.54) is 30.6 Å². The summed E-state index contributed by atoms with van der Waals surface area (Å²) >= 11 is 1.33.